The zero-order valence-corrected chi connectivity index (χ0v) is 4.02. The Balaban J connectivity index is 0.000000250. The minimum Gasteiger partial charge on any atom is -0.393 e. The quantitative estimate of drug-likeness (QED) is 0.455. The minimum absolute atomic E-state index is 0. The van der Waals surface area contributed by atoms with E-state index in [0.717, 1.165) is 6.42 Å². The predicted molar refractivity (Wildman–Crippen MR) is 24.8 cm³/mol. The molecule has 0 saturated heterocycles. The summed E-state index contributed by atoms with van der Waals surface area (Å²) in [5, 5.41) is 8.44. The number of hydrogen-bond acceptors (Lipinski definition) is 2. The van der Waals surface area contributed by atoms with E-state index in [1.54, 1.807) is 0 Å². The van der Waals surface area contributed by atoms with Crippen LogP contribution in [0.3, 0.4) is 0 Å². The molecule has 0 bridgehead atoms. The van der Waals surface area contributed by atoms with Crippen LogP contribution in [0, 0.1) is 5.92 Å². The van der Waals surface area contributed by atoms with Gasteiger partial charge in [0.15, 0.2) is 0 Å². The van der Waals surface area contributed by atoms with Crippen LogP contribution in [0.15, 0.2) is 0 Å². The maximum Gasteiger partial charge on any atom is 0.0570 e. The van der Waals surface area contributed by atoms with Crippen molar-refractivity contribution in [2.24, 2.45) is 5.92 Å². The minimum atomic E-state index is 0. The van der Waals surface area contributed by atoms with Crippen molar-refractivity contribution in [2.75, 3.05) is 0 Å². The second kappa shape index (κ2) is 1.58. The van der Waals surface area contributed by atoms with Crippen molar-refractivity contribution in [2.45, 2.75) is 19.4 Å². The third-order valence-electron chi connectivity index (χ3n) is 1.07. The summed E-state index contributed by atoms with van der Waals surface area (Å²) in [6.45, 7) is 2.05. The van der Waals surface area contributed by atoms with E-state index in [2.05, 4.69) is 0 Å². The predicted octanol–water partition coefficient (Wildman–Crippen LogP) is 0.549. The molecule has 2 heteroatoms. The van der Waals surface area contributed by atoms with E-state index in [1.165, 1.54) is 0 Å². The largest absolute Gasteiger partial charge is 0.393 e. The van der Waals surface area contributed by atoms with Crippen LogP contribution in [-0.2, 0) is 0 Å². The molecule has 6 heavy (non-hydrogen) atoms. The molecule has 2 atom stereocenters. The summed E-state index contributed by atoms with van der Waals surface area (Å²) >= 11 is 0. The Labute approximate surface area is 37.8 Å². The second-order valence-corrected chi connectivity index (χ2v) is 1.78. The van der Waals surface area contributed by atoms with Gasteiger partial charge in [-0.05, 0) is 12.3 Å². The van der Waals surface area contributed by atoms with Gasteiger partial charge in [-0.25, -0.2) is 0 Å². The van der Waals surface area contributed by atoms with Gasteiger partial charge in [-0.1, -0.05) is 6.92 Å². The Morgan fingerprint density at radius 3 is 1.83 bits per heavy atom. The zero-order chi connectivity index (χ0) is 3.86. The highest BCUT2D eigenvalue weighted by molar-refractivity contribution is 4.80. The molecule has 0 spiro atoms. The molecular weight excluding hydrogens is 78.0 g/mol. The topological polar surface area (TPSA) is 55.2 Å². The first-order valence-corrected chi connectivity index (χ1v) is 1.99. The van der Waals surface area contributed by atoms with E-state index >= 15 is 0 Å². The van der Waals surface area contributed by atoms with Crippen LogP contribution in [0.25, 0.3) is 0 Å². The summed E-state index contributed by atoms with van der Waals surface area (Å²) in [7, 11) is 0. The average Bonchev–Trinajstić information content (AvgIpc) is 1.79. The summed E-state index contributed by atoms with van der Waals surface area (Å²) < 4.78 is 0. The molecule has 0 aromatic rings. The van der Waals surface area contributed by atoms with Gasteiger partial charge in [0.1, 0.15) is 0 Å². The van der Waals surface area contributed by atoms with E-state index < -0.39 is 0 Å². The summed E-state index contributed by atoms with van der Waals surface area (Å²) in [4.78, 5) is 0. The first kappa shape index (κ1) is 5.92. The molecule has 38 valence electrons. The molecule has 2 nitrogen and oxygen atoms in total. The Morgan fingerprint density at radius 1 is 1.67 bits per heavy atom. The van der Waals surface area contributed by atoms with E-state index in [-0.39, 0.29) is 12.3 Å². The van der Waals surface area contributed by atoms with Gasteiger partial charge in [-0.3, -0.25) is 0 Å². The monoisotopic (exact) mass is 89.1 g/mol. The fourth-order valence-corrected chi connectivity index (χ4v) is 0.302. The number of aliphatic hydroxyl groups is 1. The lowest BCUT2D eigenvalue weighted by Gasteiger charge is -1.68. The summed E-state index contributed by atoms with van der Waals surface area (Å²) in [5.74, 6) is 0.606. The molecule has 0 radical (unpaired) electrons. The summed E-state index contributed by atoms with van der Waals surface area (Å²) in [6.07, 6.45) is 1.08. The smallest absolute Gasteiger partial charge is 0.0570 e. The van der Waals surface area contributed by atoms with Crippen molar-refractivity contribution in [3.05, 3.63) is 0 Å². The Hall–Kier alpha value is -0.0800. The van der Waals surface area contributed by atoms with Crippen molar-refractivity contribution < 1.29 is 5.11 Å². The molecule has 1 unspecified atom stereocenters. The van der Waals surface area contributed by atoms with Crippen molar-refractivity contribution >= 4 is 0 Å². The highest BCUT2D eigenvalue weighted by atomic mass is 16.3. The highest BCUT2D eigenvalue weighted by Gasteiger charge is 2.29. The Morgan fingerprint density at radius 2 is 1.83 bits per heavy atom. The van der Waals surface area contributed by atoms with Crippen LogP contribution in [0.4, 0.5) is 0 Å². The van der Waals surface area contributed by atoms with Crippen molar-refractivity contribution in [3.8, 4) is 0 Å². The van der Waals surface area contributed by atoms with Crippen LogP contribution in [0.5, 0.6) is 0 Å². The molecule has 1 rings (SSSR count). The van der Waals surface area contributed by atoms with Gasteiger partial charge >= 0.3 is 0 Å². The number of hydrogen-bond donors (Lipinski definition) is 2. The molecule has 4 N–H and O–H groups in total. The van der Waals surface area contributed by atoms with E-state index in [0.29, 0.717) is 5.92 Å². The van der Waals surface area contributed by atoms with Gasteiger partial charge < -0.3 is 11.3 Å². The lowest BCUT2D eigenvalue weighted by molar-refractivity contribution is 0.263. The fourth-order valence-electron chi connectivity index (χ4n) is 0.302. The van der Waals surface area contributed by atoms with E-state index in [4.69, 9.17) is 5.11 Å². The molecule has 0 aliphatic heterocycles. The van der Waals surface area contributed by atoms with Crippen LogP contribution in [0.2, 0.25) is 0 Å². The van der Waals surface area contributed by atoms with Crippen LogP contribution in [-0.4, -0.2) is 11.2 Å². The molecule has 0 aromatic carbocycles. The van der Waals surface area contributed by atoms with Crippen LogP contribution < -0.4 is 6.15 Å². The maximum absolute atomic E-state index is 8.44. The third-order valence-corrected chi connectivity index (χ3v) is 1.07. The van der Waals surface area contributed by atoms with Crippen LogP contribution in [0.1, 0.15) is 13.3 Å². The molecule has 1 aliphatic rings. The zero-order valence-electron chi connectivity index (χ0n) is 4.02. The summed E-state index contributed by atoms with van der Waals surface area (Å²) in [6, 6.07) is 0. The van der Waals surface area contributed by atoms with Crippen molar-refractivity contribution in [1.29, 1.82) is 0 Å². The molecule has 1 fully saturated rings. The maximum atomic E-state index is 8.44. The second-order valence-electron chi connectivity index (χ2n) is 1.78. The van der Waals surface area contributed by atoms with E-state index in [1.807, 2.05) is 6.92 Å². The highest BCUT2D eigenvalue weighted by Crippen LogP contribution is 2.27. The first-order chi connectivity index (χ1) is 2.30. The van der Waals surface area contributed by atoms with Gasteiger partial charge in [0.2, 0.25) is 0 Å². The SMILES string of the molecule is C[C@@H]1CC1O.N. The molecule has 0 heterocycles. The van der Waals surface area contributed by atoms with Crippen molar-refractivity contribution in [1.82, 2.24) is 6.15 Å². The van der Waals surface area contributed by atoms with E-state index in [9.17, 15) is 0 Å². The van der Waals surface area contributed by atoms with Crippen LogP contribution >= 0.6 is 0 Å². The van der Waals surface area contributed by atoms with Gasteiger partial charge in [0.25, 0.3) is 0 Å². The standard InChI is InChI=1S/C4H8O.H3N/c1-3-2-4(3)5;/h3-5H,2H2,1H3;1H3/t3-,4?;/m1./s1. The van der Waals surface area contributed by atoms with Crippen molar-refractivity contribution in [3.63, 3.8) is 0 Å². The number of rotatable bonds is 0. The Kier molecular flexibility index (Phi) is 1.56. The molecule has 1 aliphatic carbocycles. The number of aliphatic hydroxyl groups excluding tert-OH is 1. The third kappa shape index (κ3) is 0.954. The van der Waals surface area contributed by atoms with Gasteiger partial charge in [-0.2, -0.15) is 0 Å². The fraction of sp³-hybridized carbons (Fsp3) is 1.00. The molecule has 1 saturated carbocycles. The molecular formula is C4H11NO. The Bertz CT molecular complexity index is 40.8. The van der Waals surface area contributed by atoms with Gasteiger partial charge in [0, 0.05) is 0 Å². The lowest BCUT2D eigenvalue weighted by Crippen LogP contribution is -1.74. The first-order valence-electron chi connectivity index (χ1n) is 1.99. The molecule has 0 aromatic heterocycles. The lowest BCUT2D eigenvalue weighted by atomic mass is 10.5. The average molecular weight is 89.1 g/mol. The summed E-state index contributed by atoms with van der Waals surface area (Å²) in [5.41, 5.74) is 0. The molecule has 0 amide bonds. The van der Waals surface area contributed by atoms with Gasteiger partial charge in [-0.15, -0.1) is 0 Å². The normalized spacial score (nSPS) is 41.0. The van der Waals surface area contributed by atoms with Gasteiger partial charge in [0.05, 0.1) is 6.10 Å².